The van der Waals surface area contributed by atoms with E-state index in [1.165, 1.54) is 0 Å². The Labute approximate surface area is 96.9 Å². The summed E-state index contributed by atoms with van der Waals surface area (Å²) in [6.07, 6.45) is 3.36. The van der Waals surface area contributed by atoms with Gasteiger partial charge in [0.1, 0.15) is 0 Å². The normalized spacial score (nSPS) is 9.62. The maximum absolute atomic E-state index is 11.1. The lowest BCUT2D eigenvalue weighted by Gasteiger charge is -2.06. The Hall–Kier alpha value is -1.26. The Morgan fingerprint density at radius 2 is 1.56 bits per heavy atom. The molecule has 0 aliphatic rings. The number of carbonyl (C=O) groups is 2. The molecule has 0 rings (SSSR count). The molecule has 94 valence electrons. The fourth-order valence-corrected chi connectivity index (χ4v) is 1.00. The van der Waals surface area contributed by atoms with Gasteiger partial charge in [-0.1, -0.05) is 26.7 Å². The highest BCUT2D eigenvalue weighted by molar-refractivity contribution is 5.79. The van der Waals surface area contributed by atoms with Crippen molar-refractivity contribution in [2.75, 3.05) is 19.7 Å². The first-order chi connectivity index (χ1) is 7.70. The average molecular weight is 230 g/mol. The molecule has 0 fully saturated rings. The summed E-state index contributed by atoms with van der Waals surface area (Å²) in [5, 5.41) is 5.23. The second-order valence-corrected chi connectivity index (χ2v) is 3.56. The van der Waals surface area contributed by atoms with Gasteiger partial charge in [0.15, 0.2) is 6.61 Å². The molecule has 16 heavy (non-hydrogen) atoms. The molecule has 0 aromatic rings. The van der Waals surface area contributed by atoms with Gasteiger partial charge in [-0.25, -0.2) is 4.79 Å². The van der Waals surface area contributed by atoms with Crippen LogP contribution in [0.2, 0.25) is 0 Å². The van der Waals surface area contributed by atoms with Gasteiger partial charge in [-0.05, 0) is 12.8 Å². The maximum Gasteiger partial charge on any atom is 0.407 e. The lowest BCUT2D eigenvalue weighted by atomic mass is 10.3. The summed E-state index contributed by atoms with van der Waals surface area (Å²) in [6.45, 7) is 5.10. The second-order valence-electron chi connectivity index (χ2n) is 3.56. The largest absolute Gasteiger partial charge is 0.439 e. The van der Waals surface area contributed by atoms with Gasteiger partial charge >= 0.3 is 6.09 Å². The quantitative estimate of drug-likeness (QED) is 0.620. The molecule has 0 saturated carbocycles. The van der Waals surface area contributed by atoms with E-state index in [9.17, 15) is 9.59 Å². The molecule has 2 N–H and O–H groups in total. The van der Waals surface area contributed by atoms with Crippen LogP contribution < -0.4 is 10.6 Å². The summed E-state index contributed by atoms with van der Waals surface area (Å²) in [4.78, 5) is 22.2. The van der Waals surface area contributed by atoms with Gasteiger partial charge in [0.05, 0.1) is 0 Å². The van der Waals surface area contributed by atoms with Gasteiger partial charge in [-0.3, -0.25) is 4.79 Å². The highest BCUT2D eigenvalue weighted by Gasteiger charge is 2.05. The highest BCUT2D eigenvalue weighted by atomic mass is 16.6. The van der Waals surface area contributed by atoms with Gasteiger partial charge in [0.2, 0.25) is 0 Å². The Bertz CT molecular complexity index is 185. The predicted molar refractivity (Wildman–Crippen MR) is 62.2 cm³/mol. The van der Waals surface area contributed by atoms with Gasteiger partial charge in [-0.15, -0.1) is 0 Å². The minimum Gasteiger partial charge on any atom is -0.439 e. The molecule has 2 amide bonds. The molecule has 0 unspecified atom stereocenters. The minimum absolute atomic E-state index is 0.207. The second kappa shape index (κ2) is 10.3. The lowest BCUT2D eigenvalue weighted by molar-refractivity contribution is -0.123. The van der Waals surface area contributed by atoms with Gasteiger partial charge in [-0.2, -0.15) is 0 Å². The Balaban J connectivity index is 3.40. The van der Waals surface area contributed by atoms with E-state index < -0.39 is 6.09 Å². The third-order valence-corrected chi connectivity index (χ3v) is 1.99. The standard InChI is InChI=1S/C11H22N2O3/c1-3-5-7-12-10(14)9-16-11(15)13-8-6-4-2/h3-9H2,1-2H3,(H,12,14)(H,13,15). The zero-order valence-corrected chi connectivity index (χ0v) is 10.2. The molecule has 0 bridgehead atoms. The molecular weight excluding hydrogens is 208 g/mol. The van der Waals surface area contributed by atoms with E-state index in [0.717, 1.165) is 25.7 Å². The molecule has 0 saturated heterocycles. The molecule has 0 aliphatic carbocycles. The molecule has 5 nitrogen and oxygen atoms in total. The number of alkyl carbamates (subject to hydrolysis) is 1. The zero-order valence-electron chi connectivity index (χ0n) is 10.2. The highest BCUT2D eigenvalue weighted by Crippen LogP contribution is 1.85. The van der Waals surface area contributed by atoms with Crippen LogP contribution in [-0.2, 0) is 9.53 Å². The van der Waals surface area contributed by atoms with Gasteiger partial charge < -0.3 is 15.4 Å². The smallest absolute Gasteiger partial charge is 0.407 e. The third-order valence-electron chi connectivity index (χ3n) is 1.99. The molecule has 0 spiro atoms. The molecule has 0 radical (unpaired) electrons. The van der Waals surface area contributed by atoms with Crippen LogP contribution in [0.15, 0.2) is 0 Å². The fraction of sp³-hybridized carbons (Fsp3) is 0.818. The molecule has 0 atom stereocenters. The van der Waals surface area contributed by atoms with Crippen molar-refractivity contribution in [3.8, 4) is 0 Å². The fourth-order valence-electron chi connectivity index (χ4n) is 1.00. The summed E-state index contributed by atoms with van der Waals surface area (Å²) >= 11 is 0. The number of nitrogens with one attached hydrogen (secondary N) is 2. The number of carbonyl (C=O) groups excluding carboxylic acids is 2. The van der Waals surface area contributed by atoms with Gasteiger partial charge in [0, 0.05) is 13.1 Å². The first-order valence-corrected chi connectivity index (χ1v) is 5.88. The van der Waals surface area contributed by atoms with Crippen molar-refractivity contribution in [3.63, 3.8) is 0 Å². The number of hydrogen-bond acceptors (Lipinski definition) is 3. The number of unbranched alkanes of at least 4 members (excludes halogenated alkanes) is 2. The van der Waals surface area contributed by atoms with Crippen LogP contribution in [0.3, 0.4) is 0 Å². The van der Waals surface area contributed by atoms with E-state index in [0.29, 0.717) is 13.1 Å². The Morgan fingerprint density at radius 3 is 2.12 bits per heavy atom. The van der Waals surface area contributed by atoms with Crippen LogP contribution in [0.5, 0.6) is 0 Å². The monoisotopic (exact) mass is 230 g/mol. The first kappa shape index (κ1) is 14.7. The Kier molecular flexibility index (Phi) is 9.46. The van der Waals surface area contributed by atoms with Crippen molar-refractivity contribution < 1.29 is 14.3 Å². The topological polar surface area (TPSA) is 67.4 Å². The van der Waals surface area contributed by atoms with E-state index in [2.05, 4.69) is 10.6 Å². The van der Waals surface area contributed by atoms with Crippen LogP contribution in [-0.4, -0.2) is 31.7 Å². The molecule has 0 heterocycles. The van der Waals surface area contributed by atoms with Crippen molar-refractivity contribution in [1.29, 1.82) is 0 Å². The summed E-state index contributed by atoms with van der Waals surface area (Å²) < 4.78 is 4.72. The molecule has 0 aromatic heterocycles. The number of amides is 2. The van der Waals surface area contributed by atoms with Crippen LogP contribution in [0.4, 0.5) is 4.79 Å². The van der Waals surface area contributed by atoms with E-state index in [1.807, 2.05) is 13.8 Å². The SMILES string of the molecule is CCCCNC(=O)COC(=O)NCCCC. The minimum atomic E-state index is -0.529. The van der Waals surface area contributed by atoms with E-state index in [4.69, 9.17) is 4.74 Å². The van der Waals surface area contributed by atoms with E-state index in [1.54, 1.807) is 0 Å². The average Bonchev–Trinajstić information content (AvgIpc) is 2.27. The molecular formula is C11H22N2O3. The summed E-state index contributed by atoms with van der Waals surface area (Å²) in [5.74, 6) is -0.251. The third kappa shape index (κ3) is 9.30. The van der Waals surface area contributed by atoms with Crippen LogP contribution in [0.25, 0.3) is 0 Å². The molecule has 5 heteroatoms. The van der Waals surface area contributed by atoms with E-state index in [-0.39, 0.29) is 12.5 Å². The Morgan fingerprint density at radius 1 is 1.00 bits per heavy atom. The summed E-state index contributed by atoms with van der Waals surface area (Å²) in [7, 11) is 0. The van der Waals surface area contributed by atoms with Crippen LogP contribution >= 0.6 is 0 Å². The number of ether oxygens (including phenoxy) is 1. The first-order valence-electron chi connectivity index (χ1n) is 5.88. The van der Waals surface area contributed by atoms with Crippen molar-refractivity contribution in [2.45, 2.75) is 39.5 Å². The number of hydrogen-bond donors (Lipinski definition) is 2. The van der Waals surface area contributed by atoms with Crippen molar-refractivity contribution in [2.24, 2.45) is 0 Å². The molecule has 0 aromatic carbocycles. The summed E-state index contributed by atoms with van der Waals surface area (Å²) in [5.41, 5.74) is 0. The van der Waals surface area contributed by atoms with Crippen molar-refractivity contribution in [3.05, 3.63) is 0 Å². The van der Waals surface area contributed by atoms with Crippen molar-refractivity contribution >= 4 is 12.0 Å². The van der Waals surface area contributed by atoms with Crippen molar-refractivity contribution in [1.82, 2.24) is 10.6 Å². The maximum atomic E-state index is 11.1. The zero-order chi connectivity index (χ0) is 12.2. The summed E-state index contributed by atoms with van der Waals surface area (Å²) in [6, 6.07) is 0. The lowest BCUT2D eigenvalue weighted by Crippen LogP contribution is -2.33. The van der Waals surface area contributed by atoms with Crippen LogP contribution in [0, 0.1) is 0 Å². The predicted octanol–water partition coefficient (Wildman–Crippen LogP) is 1.43. The van der Waals surface area contributed by atoms with Crippen LogP contribution in [0.1, 0.15) is 39.5 Å². The molecule has 0 aliphatic heterocycles. The number of rotatable bonds is 8. The van der Waals surface area contributed by atoms with E-state index >= 15 is 0 Å². The van der Waals surface area contributed by atoms with Gasteiger partial charge in [0.25, 0.3) is 5.91 Å².